The van der Waals surface area contributed by atoms with Crippen LogP contribution in [0.1, 0.15) is 26.7 Å². The quantitative estimate of drug-likeness (QED) is 0.422. The summed E-state index contributed by atoms with van der Waals surface area (Å²) in [6.07, 6.45) is 9.55. The molecule has 26 heavy (non-hydrogen) atoms. The fraction of sp³-hybridized carbons (Fsp3) is 0.471. The van der Waals surface area contributed by atoms with Crippen LogP contribution in [0, 0.1) is 24.3 Å². The first-order chi connectivity index (χ1) is 12.1. The van der Waals surface area contributed by atoms with E-state index in [0.717, 1.165) is 11.8 Å². The molecule has 4 N–H and O–H groups in total. The molecule has 0 aromatic carbocycles. The van der Waals surface area contributed by atoms with Gasteiger partial charge in [-0.15, -0.1) is 17.5 Å². The van der Waals surface area contributed by atoms with E-state index in [1.54, 1.807) is 13.8 Å². The normalized spacial score (nSPS) is 24.5. The summed E-state index contributed by atoms with van der Waals surface area (Å²) in [4.78, 5) is 34.9. The summed E-state index contributed by atoms with van der Waals surface area (Å²) in [6.45, 7) is 3.37. The molecule has 2 rings (SSSR count). The lowest BCUT2D eigenvalue weighted by Gasteiger charge is -2.22. The molecule has 1 saturated heterocycles. The van der Waals surface area contributed by atoms with E-state index in [1.807, 2.05) is 0 Å². The van der Waals surface area contributed by atoms with Crippen molar-refractivity contribution in [1.82, 2.24) is 10.6 Å². The molecule has 3 atom stereocenters. The van der Waals surface area contributed by atoms with Crippen molar-refractivity contribution in [3.05, 3.63) is 35.6 Å². The summed E-state index contributed by atoms with van der Waals surface area (Å²) in [7, 11) is 0. The summed E-state index contributed by atoms with van der Waals surface area (Å²) in [5.74, 6) is -3.38. The second kappa shape index (κ2) is 7.96. The first-order valence-corrected chi connectivity index (χ1v) is 8.61. The Morgan fingerprint density at radius 1 is 1.27 bits per heavy atom. The standard InChI is InChI=1S/C17H18N2O6S/c1-17(2)13(16(24)25)19-14(26-17)12(15(22)23)18-11(21)8-7-10(20)9-5-3-4-6-9/h12-14,19-20H,7-8H2,1-2H3,(H,18,21)(H,22,23)(H,24,25)/p-1/t12-,13-,14+/m0/s1. The number of carbonyl (C=O) groups is 3. The second-order valence-electron chi connectivity index (χ2n) is 6.26. The van der Waals surface area contributed by atoms with Gasteiger partial charge in [-0.25, -0.2) is 4.79 Å². The molecule has 4 radical (unpaired) electrons. The van der Waals surface area contributed by atoms with Gasteiger partial charge in [0.1, 0.15) is 6.04 Å². The number of carboxylic acid groups (broad SMARTS) is 2. The van der Waals surface area contributed by atoms with Crippen LogP contribution in [0.4, 0.5) is 0 Å². The van der Waals surface area contributed by atoms with Crippen LogP contribution >= 0.6 is 11.8 Å². The summed E-state index contributed by atoms with van der Waals surface area (Å²) in [5.41, 5.74) is 0.145. The van der Waals surface area contributed by atoms with Crippen LogP contribution in [0.15, 0.2) is 11.3 Å². The highest BCUT2D eigenvalue weighted by molar-refractivity contribution is 8.01. The number of hydrogen-bond donors (Lipinski definition) is 4. The molecule has 0 aromatic rings. The number of carbonyl (C=O) groups excluding carboxylic acids is 1. The number of thioether (sulfide) groups is 1. The van der Waals surface area contributed by atoms with Gasteiger partial charge in [-0.3, -0.25) is 14.9 Å². The SMILES string of the molecule is CC1(C)S[C@H]([C@H](NC(=O)CCC([O-])=C2[C]=[C][C]=[C]2)C(=O)O)N[C@H]1C(=O)O. The summed E-state index contributed by atoms with van der Waals surface area (Å²) >= 11 is 1.13. The van der Waals surface area contributed by atoms with Gasteiger partial charge in [0.25, 0.3) is 0 Å². The molecule has 1 fully saturated rings. The Labute approximate surface area is 155 Å². The number of carboxylic acids is 2. The molecule has 0 saturated carbocycles. The first-order valence-electron chi connectivity index (χ1n) is 7.73. The smallest absolute Gasteiger partial charge is 0.328 e. The number of aliphatic carboxylic acids is 2. The van der Waals surface area contributed by atoms with Crippen LogP contribution in [-0.2, 0) is 14.4 Å². The fourth-order valence-electron chi connectivity index (χ4n) is 2.55. The highest BCUT2D eigenvalue weighted by atomic mass is 32.2. The predicted molar refractivity (Wildman–Crippen MR) is 88.8 cm³/mol. The molecule has 0 aromatic heterocycles. The maximum atomic E-state index is 12.0. The number of rotatable bonds is 7. The molecule has 9 heteroatoms. The first kappa shape index (κ1) is 20.1. The van der Waals surface area contributed by atoms with E-state index in [9.17, 15) is 29.7 Å². The molecule has 138 valence electrons. The Morgan fingerprint density at radius 2 is 1.88 bits per heavy atom. The van der Waals surface area contributed by atoms with Gasteiger partial charge in [-0.1, -0.05) is 0 Å². The molecule has 1 aliphatic heterocycles. The van der Waals surface area contributed by atoms with E-state index >= 15 is 0 Å². The van der Waals surface area contributed by atoms with Crippen LogP contribution in [-0.4, -0.2) is 50.3 Å². The fourth-order valence-corrected chi connectivity index (χ4v) is 4.03. The Hall–Kier alpha value is -2.26. The Kier molecular flexibility index (Phi) is 6.14. The van der Waals surface area contributed by atoms with E-state index < -0.39 is 40.1 Å². The van der Waals surface area contributed by atoms with Gasteiger partial charge in [0.2, 0.25) is 5.91 Å². The number of hydrogen-bond acceptors (Lipinski definition) is 6. The minimum absolute atomic E-state index is 0.134. The van der Waals surface area contributed by atoms with Gasteiger partial charge in [0.15, 0.2) is 6.04 Å². The minimum Gasteiger partial charge on any atom is -0.875 e. The molecule has 2 aliphatic rings. The zero-order valence-electron chi connectivity index (χ0n) is 14.1. The van der Waals surface area contributed by atoms with Gasteiger partial charge in [-0.05, 0) is 50.1 Å². The third-order valence-electron chi connectivity index (χ3n) is 3.88. The second-order valence-corrected chi connectivity index (χ2v) is 8.06. The van der Waals surface area contributed by atoms with Crippen LogP contribution in [0.2, 0.25) is 0 Å². The highest BCUT2D eigenvalue weighted by Crippen LogP contribution is 2.39. The van der Waals surface area contributed by atoms with E-state index in [0.29, 0.717) is 0 Å². The van der Waals surface area contributed by atoms with Crippen molar-refractivity contribution in [2.24, 2.45) is 0 Å². The average Bonchev–Trinajstić information content (AvgIpc) is 3.17. The molecular weight excluding hydrogens is 360 g/mol. The van der Waals surface area contributed by atoms with Crippen LogP contribution < -0.4 is 15.7 Å². The minimum atomic E-state index is -1.33. The summed E-state index contributed by atoms with van der Waals surface area (Å²) in [5, 5.41) is 34.7. The molecule has 1 aliphatic carbocycles. The average molecular weight is 377 g/mol. The van der Waals surface area contributed by atoms with Crippen molar-refractivity contribution >= 4 is 29.6 Å². The van der Waals surface area contributed by atoms with Crippen molar-refractivity contribution in [2.75, 3.05) is 0 Å². The third-order valence-corrected chi connectivity index (χ3v) is 5.39. The molecule has 8 nitrogen and oxygen atoms in total. The summed E-state index contributed by atoms with van der Waals surface area (Å²) < 4.78 is -0.749. The van der Waals surface area contributed by atoms with Crippen molar-refractivity contribution in [3.8, 4) is 0 Å². The van der Waals surface area contributed by atoms with Gasteiger partial charge < -0.3 is 20.6 Å². The van der Waals surface area contributed by atoms with Crippen LogP contribution in [0.25, 0.3) is 0 Å². The maximum absolute atomic E-state index is 12.0. The molecule has 0 spiro atoms. The highest BCUT2D eigenvalue weighted by Gasteiger charge is 2.49. The van der Waals surface area contributed by atoms with Gasteiger partial charge >= 0.3 is 11.9 Å². The van der Waals surface area contributed by atoms with Gasteiger partial charge in [0.05, 0.1) is 5.37 Å². The Morgan fingerprint density at radius 3 is 2.38 bits per heavy atom. The lowest BCUT2D eigenvalue weighted by Crippen LogP contribution is -2.53. The predicted octanol–water partition coefficient (Wildman–Crippen LogP) is -0.817. The molecule has 1 amide bonds. The van der Waals surface area contributed by atoms with E-state index in [2.05, 4.69) is 34.9 Å². The van der Waals surface area contributed by atoms with Crippen molar-refractivity contribution in [3.63, 3.8) is 0 Å². The summed E-state index contributed by atoms with van der Waals surface area (Å²) in [6, 6.07) is -2.28. The molecule has 0 unspecified atom stereocenters. The Bertz CT molecular complexity index is 683. The lowest BCUT2D eigenvalue weighted by molar-refractivity contribution is -0.307. The van der Waals surface area contributed by atoms with E-state index in [-0.39, 0.29) is 24.2 Å². The maximum Gasteiger partial charge on any atom is 0.328 e. The van der Waals surface area contributed by atoms with E-state index in [4.69, 9.17) is 0 Å². The van der Waals surface area contributed by atoms with Crippen molar-refractivity contribution in [2.45, 2.75) is 48.9 Å². The zero-order chi connectivity index (χ0) is 19.5. The molecule has 0 bridgehead atoms. The van der Waals surface area contributed by atoms with Crippen LogP contribution in [0.3, 0.4) is 0 Å². The monoisotopic (exact) mass is 377 g/mol. The largest absolute Gasteiger partial charge is 0.875 e. The molecule has 1 heterocycles. The van der Waals surface area contributed by atoms with Crippen LogP contribution in [0.5, 0.6) is 0 Å². The van der Waals surface area contributed by atoms with Crippen molar-refractivity contribution in [1.29, 1.82) is 0 Å². The lowest BCUT2D eigenvalue weighted by atomic mass is 10.0. The third kappa shape index (κ3) is 4.67. The number of amides is 1. The zero-order valence-corrected chi connectivity index (χ0v) is 14.9. The van der Waals surface area contributed by atoms with Gasteiger partial charge in [0, 0.05) is 11.2 Å². The van der Waals surface area contributed by atoms with Crippen molar-refractivity contribution < 1.29 is 29.7 Å². The molecular formula is C17H17N2O6S-. The van der Waals surface area contributed by atoms with Gasteiger partial charge in [-0.2, -0.15) is 0 Å². The number of nitrogens with one attached hydrogen (secondary N) is 2. The number of allylic oxidation sites excluding steroid dienone is 6. The Balaban J connectivity index is 1.98. The van der Waals surface area contributed by atoms with E-state index in [1.165, 1.54) is 0 Å². The topological polar surface area (TPSA) is 139 Å².